The average molecular weight is 510 g/mol. The van der Waals surface area contributed by atoms with Crippen LogP contribution in [-0.2, 0) is 16.1 Å². The fourth-order valence-corrected chi connectivity index (χ4v) is 5.91. The van der Waals surface area contributed by atoms with Crippen LogP contribution in [-0.4, -0.2) is 26.0 Å². The van der Waals surface area contributed by atoms with Gasteiger partial charge in [0.2, 0.25) is 0 Å². The zero-order chi connectivity index (χ0) is 26.4. The lowest BCUT2D eigenvalue weighted by molar-refractivity contribution is 0.0950. The standard InChI is InChI=1S/C32H35N3O3/c1-18-25-14-23(32(36)34-17-19-4-6-22(7-5-19)31(33)35-38-3)12-13-24(25)30(37-2)29-16-28(21-10-11-21)27(15-26(18)29)20-8-9-20/h4-7,12-16,18,20-21,30H,8-11,17H2,1-3H3,(H2,33,35)(H,34,36)/t18-,30+/m0/s1. The molecule has 0 heterocycles. The van der Waals surface area contributed by atoms with Gasteiger partial charge in [0.25, 0.3) is 5.91 Å². The smallest absolute Gasteiger partial charge is 0.251 e. The van der Waals surface area contributed by atoms with Crippen LogP contribution in [0.3, 0.4) is 0 Å². The summed E-state index contributed by atoms with van der Waals surface area (Å²) in [7, 11) is 3.25. The molecule has 2 fully saturated rings. The molecule has 0 spiro atoms. The second-order valence-corrected chi connectivity index (χ2v) is 10.9. The van der Waals surface area contributed by atoms with Crippen molar-refractivity contribution in [3.05, 3.63) is 105 Å². The molecule has 196 valence electrons. The van der Waals surface area contributed by atoms with Crippen molar-refractivity contribution in [1.29, 1.82) is 0 Å². The number of ether oxygens (including phenoxy) is 1. The lowest BCUT2D eigenvalue weighted by Crippen LogP contribution is -2.24. The van der Waals surface area contributed by atoms with E-state index in [-0.39, 0.29) is 17.9 Å². The summed E-state index contributed by atoms with van der Waals surface area (Å²) in [6, 6.07) is 18.6. The van der Waals surface area contributed by atoms with Crippen molar-refractivity contribution in [2.75, 3.05) is 14.2 Å². The lowest BCUT2D eigenvalue weighted by Gasteiger charge is -2.33. The third kappa shape index (κ3) is 4.58. The third-order valence-electron chi connectivity index (χ3n) is 8.30. The number of hydrogen-bond donors (Lipinski definition) is 2. The molecular formula is C32H35N3O3. The summed E-state index contributed by atoms with van der Waals surface area (Å²) in [5, 5.41) is 6.81. The van der Waals surface area contributed by atoms with Crippen LogP contribution in [0, 0.1) is 0 Å². The quantitative estimate of drug-likeness (QED) is 0.227. The van der Waals surface area contributed by atoms with Crippen molar-refractivity contribution in [2.24, 2.45) is 10.9 Å². The minimum absolute atomic E-state index is 0.0907. The van der Waals surface area contributed by atoms with Crippen LogP contribution in [0.4, 0.5) is 0 Å². The van der Waals surface area contributed by atoms with Crippen molar-refractivity contribution in [3.63, 3.8) is 0 Å². The highest BCUT2D eigenvalue weighted by molar-refractivity contribution is 5.97. The molecule has 3 aliphatic rings. The first-order chi connectivity index (χ1) is 18.5. The number of rotatable bonds is 8. The molecule has 3 aromatic carbocycles. The van der Waals surface area contributed by atoms with E-state index in [4.69, 9.17) is 15.3 Å². The molecule has 3 N–H and O–H groups in total. The van der Waals surface area contributed by atoms with Crippen molar-refractivity contribution in [1.82, 2.24) is 5.32 Å². The van der Waals surface area contributed by atoms with E-state index >= 15 is 0 Å². The Morgan fingerprint density at radius 1 is 0.842 bits per heavy atom. The molecule has 0 aliphatic heterocycles. The first-order valence-electron chi connectivity index (χ1n) is 13.6. The van der Waals surface area contributed by atoms with Crippen LogP contribution in [0.2, 0.25) is 0 Å². The maximum Gasteiger partial charge on any atom is 0.251 e. The Balaban J connectivity index is 1.23. The number of fused-ring (bicyclic) bond motifs is 2. The molecule has 3 aromatic rings. The summed E-state index contributed by atoms with van der Waals surface area (Å²) in [4.78, 5) is 17.9. The number of carbonyl (C=O) groups is 1. The molecule has 1 amide bonds. The zero-order valence-electron chi connectivity index (χ0n) is 22.3. The highest BCUT2D eigenvalue weighted by Gasteiger charge is 2.37. The molecule has 38 heavy (non-hydrogen) atoms. The van der Waals surface area contributed by atoms with E-state index in [1.54, 1.807) is 18.2 Å². The number of nitrogens with zero attached hydrogens (tertiary/aromatic N) is 1. The minimum atomic E-state index is -0.105. The number of nitrogens with two attached hydrogens (primary N) is 1. The Hall–Kier alpha value is -3.64. The van der Waals surface area contributed by atoms with Gasteiger partial charge in [-0.1, -0.05) is 54.5 Å². The molecule has 2 saturated carbocycles. The number of methoxy groups -OCH3 is 1. The Morgan fingerprint density at radius 3 is 2.05 bits per heavy atom. The number of benzene rings is 3. The van der Waals surface area contributed by atoms with E-state index in [1.165, 1.54) is 49.5 Å². The van der Waals surface area contributed by atoms with Gasteiger partial charge in [0.05, 0.1) is 0 Å². The Bertz CT molecular complexity index is 1400. The van der Waals surface area contributed by atoms with Gasteiger partial charge in [0.1, 0.15) is 13.2 Å². The molecule has 0 radical (unpaired) electrons. The maximum absolute atomic E-state index is 13.1. The van der Waals surface area contributed by atoms with Gasteiger partial charge in [-0.25, -0.2) is 0 Å². The number of hydrogen-bond acceptors (Lipinski definition) is 4. The molecule has 0 unspecified atom stereocenters. The Kier molecular flexibility index (Phi) is 6.44. The zero-order valence-corrected chi connectivity index (χ0v) is 22.3. The number of amides is 1. The summed E-state index contributed by atoms with van der Waals surface area (Å²) < 4.78 is 6.09. The van der Waals surface area contributed by atoms with Crippen LogP contribution >= 0.6 is 0 Å². The van der Waals surface area contributed by atoms with Crippen LogP contribution in [0.15, 0.2) is 59.8 Å². The van der Waals surface area contributed by atoms with Crippen molar-refractivity contribution in [2.45, 2.75) is 63.0 Å². The summed E-state index contributed by atoms with van der Waals surface area (Å²) in [5.41, 5.74) is 16.4. The van der Waals surface area contributed by atoms with Crippen LogP contribution in [0.5, 0.6) is 0 Å². The highest BCUT2D eigenvalue weighted by Crippen LogP contribution is 2.53. The molecule has 2 atom stereocenters. The summed E-state index contributed by atoms with van der Waals surface area (Å²) in [5.74, 6) is 1.88. The summed E-state index contributed by atoms with van der Waals surface area (Å²) in [6.45, 7) is 2.68. The van der Waals surface area contributed by atoms with Gasteiger partial charge in [-0.05, 0) is 88.6 Å². The molecule has 0 bridgehead atoms. The number of carbonyl (C=O) groups excluding carboxylic acids is 1. The lowest BCUT2D eigenvalue weighted by atomic mass is 9.75. The van der Waals surface area contributed by atoms with Gasteiger partial charge >= 0.3 is 0 Å². The number of amidine groups is 1. The van der Waals surface area contributed by atoms with E-state index in [0.29, 0.717) is 17.9 Å². The van der Waals surface area contributed by atoms with Crippen LogP contribution < -0.4 is 11.1 Å². The second kappa shape index (κ2) is 9.91. The molecule has 6 heteroatoms. The minimum Gasteiger partial charge on any atom is -0.397 e. The third-order valence-corrected chi connectivity index (χ3v) is 8.30. The number of nitrogens with one attached hydrogen (secondary N) is 1. The second-order valence-electron chi connectivity index (χ2n) is 10.9. The van der Waals surface area contributed by atoms with E-state index in [2.05, 4.69) is 41.7 Å². The van der Waals surface area contributed by atoms with E-state index < -0.39 is 0 Å². The van der Waals surface area contributed by atoms with E-state index in [0.717, 1.165) is 28.5 Å². The maximum atomic E-state index is 13.1. The van der Waals surface area contributed by atoms with Crippen LogP contribution in [0.25, 0.3) is 0 Å². The van der Waals surface area contributed by atoms with Crippen LogP contribution in [0.1, 0.15) is 111 Å². The van der Waals surface area contributed by atoms with Gasteiger partial charge in [-0.3, -0.25) is 4.79 Å². The predicted molar refractivity (Wildman–Crippen MR) is 149 cm³/mol. The molecule has 0 aromatic heterocycles. The average Bonchev–Trinajstić information content (AvgIpc) is 3.85. The van der Waals surface area contributed by atoms with Gasteiger partial charge in [-0.2, -0.15) is 0 Å². The normalized spacial score (nSPS) is 20.4. The Morgan fingerprint density at radius 2 is 1.45 bits per heavy atom. The monoisotopic (exact) mass is 509 g/mol. The molecule has 6 rings (SSSR count). The highest BCUT2D eigenvalue weighted by atomic mass is 16.6. The molecule has 6 nitrogen and oxygen atoms in total. The van der Waals surface area contributed by atoms with Gasteiger partial charge in [0.15, 0.2) is 5.84 Å². The number of oxime groups is 1. The summed E-state index contributed by atoms with van der Waals surface area (Å²) >= 11 is 0. The fraction of sp³-hybridized carbons (Fsp3) is 0.375. The van der Waals surface area contributed by atoms with Crippen molar-refractivity contribution < 1.29 is 14.4 Å². The predicted octanol–water partition coefficient (Wildman–Crippen LogP) is 5.84. The van der Waals surface area contributed by atoms with E-state index in [1.807, 2.05) is 30.3 Å². The van der Waals surface area contributed by atoms with Crippen molar-refractivity contribution >= 4 is 11.7 Å². The fourth-order valence-electron chi connectivity index (χ4n) is 5.91. The molecular weight excluding hydrogens is 474 g/mol. The van der Waals surface area contributed by atoms with Crippen molar-refractivity contribution in [3.8, 4) is 0 Å². The largest absolute Gasteiger partial charge is 0.397 e. The topological polar surface area (TPSA) is 85.9 Å². The molecule has 3 aliphatic carbocycles. The first-order valence-corrected chi connectivity index (χ1v) is 13.6. The van der Waals surface area contributed by atoms with Gasteiger partial charge in [0, 0.05) is 30.7 Å². The van der Waals surface area contributed by atoms with E-state index in [9.17, 15) is 4.79 Å². The van der Waals surface area contributed by atoms with Gasteiger partial charge < -0.3 is 20.6 Å². The molecule has 0 saturated heterocycles. The SMILES string of the molecule is CON=C(N)c1ccc(CNC(=O)c2ccc3c(c2)[C@H](C)c2cc(C4CC4)c(C4CC4)cc2[C@@H]3OC)cc1. The first kappa shape index (κ1) is 24.7. The summed E-state index contributed by atoms with van der Waals surface area (Å²) in [6.07, 6.45) is 5.12. The Labute approximate surface area is 224 Å². The van der Waals surface area contributed by atoms with Gasteiger partial charge in [-0.15, -0.1) is 0 Å².